The average Bonchev–Trinajstić information content (AvgIpc) is 3.41. The van der Waals surface area contributed by atoms with E-state index in [2.05, 4.69) is 15.5 Å². The van der Waals surface area contributed by atoms with Crippen molar-refractivity contribution in [1.29, 1.82) is 0 Å². The molecule has 0 aromatic carbocycles. The van der Waals surface area contributed by atoms with Crippen molar-refractivity contribution in [2.75, 3.05) is 19.6 Å². The summed E-state index contributed by atoms with van der Waals surface area (Å²) in [5.41, 5.74) is 0. The highest BCUT2D eigenvalue weighted by molar-refractivity contribution is 7.14. The highest BCUT2D eigenvalue weighted by atomic mass is 32.1. The summed E-state index contributed by atoms with van der Waals surface area (Å²) in [7, 11) is 0. The predicted octanol–water partition coefficient (Wildman–Crippen LogP) is 1.72. The van der Waals surface area contributed by atoms with E-state index in [0.29, 0.717) is 0 Å². The van der Waals surface area contributed by atoms with Crippen LogP contribution in [0.1, 0.15) is 52.7 Å². The van der Waals surface area contributed by atoms with Crippen LogP contribution >= 0.6 is 11.3 Å². The maximum Gasteiger partial charge on any atom is 0.263 e. The largest absolute Gasteiger partial charge is 0.338 e. The zero-order valence-electron chi connectivity index (χ0n) is 14.6. The van der Waals surface area contributed by atoms with Gasteiger partial charge in [0.25, 0.3) is 5.91 Å². The zero-order chi connectivity index (χ0) is 17.9. The molecule has 0 radical (unpaired) electrons. The molecule has 26 heavy (non-hydrogen) atoms. The smallest absolute Gasteiger partial charge is 0.263 e. The molecule has 2 saturated heterocycles. The number of likely N-dealkylation sites (tertiary alicyclic amines) is 2. The van der Waals surface area contributed by atoms with Crippen molar-refractivity contribution in [3.63, 3.8) is 0 Å². The molecule has 4 heterocycles. The lowest BCUT2D eigenvalue weighted by atomic mass is 10.1. The van der Waals surface area contributed by atoms with Crippen LogP contribution < -0.4 is 0 Å². The third-order valence-corrected chi connectivity index (χ3v) is 6.25. The number of amides is 2. The summed E-state index contributed by atoms with van der Waals surface area (Å²) in [5, 5.41) is 10.9. The van der Waals surface area contributed by atoms with Crippen molar-refractivity contribution in [2.24, 2.45) is 0 Å². The standard InChI is InChI=1S/C17H22N6O2S/c24-16(11-22-12-18-19-20-22)23-10-4-5-13(23)14-6-7-15(26-14)17(25)21-8-2-1-3-9-21/h6-7,12-13H,1-5,8-11H2/t13-/m1/s1. The summed E-state index contributed by atoms with van der Waals surface area (Å²) in [6.07, 6.45) is 6.74. The van der Waals surface area contributed by atoms with Gasteiger partial charge in [0.05, 0.1) is 10.9 Å². The molecule has 0 unspecified atom stereocenters. The van der Waals surface area contributed by atoms with Crippen LogP contribution in [0, 0.1) is 0 Å². The number of tetrazole rings is 1. The molecule has 2 aliphatic rings. The quantitative estimate of drug-likeness (QED) is 0.814. The molecule has 138 valence electrons. The van der Waals surface area contributed by atoms with Crippen LogP contribution in [0.5, 0.6) is 0 Å². The maximum atomic E-state index is 12.7. The number of aromatic nitrogens is 4. The minimum Gasteiger partial charge on any atom is -0.338 e. The third-order valence-electron chi connectivity index (χ3n) is 5.07. The third kappa shape index (κ3) is 3.48. The van der Waals surface area contributed by atoms with Crippen LogP contribution in [0.15, 0.2) is 18.5 Å². The van der Waals surface area contributed by atoms with E-state index in [1.807, 2.05) is 21.9 Å². The Hall–Kier alpha value is -2.29. The molecule has 8 nitrogen and oxygen atoms in total. The first-order valence-corrected chi connectivity index (χ1v) is 9.93. The van der Waals surface area contributed by atoms with Crippen molar-refractivity contribution >= 4 is 23.2 Å². The summed E-state index contributed by atoms with van der Waals surface area (Å²) >= 11 is 1.53. The van der Waals surface area contributed by atoms with Gasteiger partial charge in [0.1, 0.15) is 12.9 Å². The fourth-order valence-corrected chi connectivity index (χ4v) is 4.87. The molecule has 2 aromatic rings. The van der Waals surface area contributed by atoms with Gasteiger partial charge in [0.15, 0.2) is 0 Å². The Morgan fingerprint density at radius 3 is 2.73 bits per heavy atom. The highest BCUT2D eigenvalue weighted by Crippen LogP contribution is 2.36. The maximum absolute atomic E-state index is 12.7. The Balaban J connectivity index is 1.45. The SMILES string of the molecule is O=C(c1ccc([C@H]2CCCN2C(=O)Cn2cnnn2)s1)N1CCCCC1. The summed E-state index contributed by atoms with van der Waals surface area (Å²) in [5.74, 6) is 0.141. The van der Waals surface area contributed by atoms with Crippen molar-refractivity contribution in [3.8, 4) is 0 Å². The first-order chi connectivity index (χ1) is 12.7. The van der Waals surface area contributed by atoms with Gasteiger partial charge in [-0.2, -0.15) is 0 Å². The zero-order valence-corrected chi connectivity index (χ0v) is 15.4. The van der Waals surface area contributed by atoms with Gasteiger partial charge < -0.3 is 9.80 Å². The number of hydrogen-bond acceptors (Lipinski definition) is 6. The van der Waals surface area contributed by atoms with Gasteiger partial charge in [0, 0.05) is 24.5 Å². The lowest BCUT2D eigenvalue weighted by Crippen LogP contribution is -2.35. The van der Waals surface area contributed by atoms with Gasteiger partial charge in [0.2, 0.25) is 5.91 Å². The van der Waals surface area contributed by atoms with Gasteiger partial charge in [-0.3, -0.25) is 9.59 Å². The molecule has 9 heteroatoms. The average molecular weight is 374 g/mol. The molecule has 0 saturated carbocycles. The van der Waals surface area contributed by atoms with Gasteiger partial charge in [-0.1, -0.05) is 0 Å². The molecule has 1 atom stereocenters. The van der Waals surface area contributed by atoms with Crippen LogP contribution in [0.3, 0.4) is 0 Å². The molecule has 0 N–H and O–H groups in total. The van der Waals surface area contributed by atoms with E-state index in [1.165, 1.54) is 28.8 Å². The van der Waals surface area contributed by atoms with Crippen LogP contribution in [0.2, 0.25) is 0 Å². The van der Waals surface area contributed by atoms with Crippen LogP contribution in [0.4, 0.5) is 0 Å². The van der Waals surface area contributed by atoms with Crippen molar-refractivity contribution < 1.29 is 9.59 Å². The molecule has 2 fully saturated rings. The van der Waals surface area contributed by atoms with Crippen molar-refractivity contribution in [1.82, 2.24) is 30.0 Å². The molecule has 2 aromatic heterocycles. The molecule has 0 spiro atoms. The van der Waals surface area contributed by atoms with Gasteiger partial charge in [-0.25, -0.2) is 4.68 Å². The molecule has 0 bridgehead atoms. The normalized spacial score (nSPS) is 20.5. The minimum atomic E-state index is 0.0112. The number of piperidine rings is 1. The Labute approximate surface area is 155 Å². The number of nitrogens with zero attached hydrogens (tertiary/aromatic N) is 6. The molecular weight excluding hydrogens is 352 g/mol. The van der Waals surface area contributed by atoms with E-state index in [1.54, 1.807) is 0 Å². The summed E-state index contributed by atoms with van der Waals surface area (Å²) in [6, 6.07) is 3.97. The second-order valence-corrected chi connectivity index (χ2v) is 7.92. The molecular formula is C17H22N6O2S. The lowest BCUT2D eigenvalue weighted by Gasteiger charge is -2.26. The monoisotopic (exact) mass is 374 g/mol. The number of hydrogen-bond donors (Lipinski definition) is 0. The molecule has 4 rings (SSSR count). The number of carbonyl (C=O) groups excluding carboxylic acids is 2. The van der Waals surface area contributed by atoms with Crippen molar-refractivity contribution in [3.05, 3.63) is 28.2 Å². The molecule has 2 aliphatic heterocycles. The Kier molecular flexibility index (Phi) is 4.96. The lowest BCUT2D eigenvalue weighted by molar-refractivity contribution is -0.133. The van der Waals surface area contributed by atoms with Gasteiger partial charge >= 0.3 is 0 Å². The summed E-state index contributed by atoms with van der Waals surface area (Å²) in [4.78, 5) is 31.0. The fourth-order valence-electron chi connectivity index (χ4n) is 3.74. The van der Waals surface area contributed by atoms with E-state index in [9.17, 15) is 9.59 Å². The Morgan fingerprint density at radius 2 is 1.96 bits per heavy atom. The van der Waals surface area contributed by atoms with Gasteiger partial charge in [-0.15, -0.1) is 16.4 Å². The minimum absolute atomic E-state index is 0.0112. The second kappa shape index (κ2) is 7.53. The van der Waals surface area contributed by atoms with Crippen LogP contribution in [-0.4, -0.2) is 61.5 Å². The van der Waals surface area contributed by atoms with Crippen LogP contribution in [0.25, 0.3) is 0 Å². The summed E-state index contributed by atoms with van der Waals surface area (Å²) < 4.78 is 1.44. The summed E-state index contributed by atoms with van der Waals surface area (Å²) in [6.45, 7) is 2.59. The van der Waals surface area contributed by atoms with Crippen LogP contribution in [-0.2, 0) is 11.3 Å². The first kappa shape index (κ1) is 17.1. The fraction of sp³-hybridized carbons (Fsp3) is 0.588. The number of thiophene rings is 1. The van der Waals surface area contributed by atoms with E-state index in [4.69, 9.17) is 0 Å². The van der Waals surface area contributed by atoms with E-state index in [-0.39, 0.29) is 24.4 Å². The van der Waals surface area contributed by atoms with Gasteiger partial charge in [-0.05, 0) is 54.7 Å². The topological polar surface area (TPSA) is 84.2 Å². The van der Waals surface area contributed by atoms with E-state index >= 15 is 0 Å². The first-order valence-electron chi connectivity index (χ1n) is 9.11. The predicted molar refractivity (Wildman–Crippen MR) is 95.6 cm³/mol. The number of carbonyl (C=O) groups is 2. The number of rotatable bonds is 4. The molecule has 0 aliphatic carbocycles. The Morgan fingerprint density at radius 1 is 1.12 bits per heavy atom. The second-order valence-electron chi connectivity index (χ2n) is 6.81. The van der Waals surface area contributed by atoms with Crippen molar-refractivity contribution in [2.45, 2.75) is 44.7 Å². The molecule has 2 amide bonds. The van der Waals surface area contributed by atoms with E-state index in [0.717, 1.165) is 55.1 Å². The highest BCUT2D eigenvalue weighted by Gasteiger charge is 2.32. The van der Waals surface area contributed by atoms with E-state index < -0.39 is 0 Å². The Bertz CT molecular complexity index is 768.